The number of ether oxygens (including phenoxy) is 1. The van der Waals surface area contributed by atoms with Gasteiger partial charge in [0.05, 0.1) is 25.1 Å². The number of anilines is 1. The van der Waals surface area contributed by atoms with E-state index in [1.807, 2.05) is 4.90 Å². The van der Waals surface area contributed by atoms with Crippen molar-refractivity contribution in [2.45, 2.75) is 6.54 Å². The average molecular weight is 274 g/mol. The molecule has 0 amide bonds. The number of aliphatic carboxylic acids is 1. The van der Waals surface area contributed by atoms with Crippen LogP contribution in [0.2, 0.25) is 5.02 Å². The Bertz CT molecular complexity index is 510. The van der Waals surface area contributed by atoms with Gasteiger partial charge in [0.15, 0.2) is 0 Å². The van der Waals surface area contributed by atoms with E-state index in [4.69, 9.17) is 21.4 Å². The lowest BCUT2D eigenvalue weighted by Crippen LogP contribution is -2.38. The van der Waals surface area contributed by atoms with Crippen molar-refractivity contribution in [1.29, 1.82) is 0 Å². The van der Waals surface area contributed by atoms with E-state index in [1.54, 1.807) is 0 Å². The number of hydrogen-bond acceptors (Lipinski definition) is 5. The number of carboxylic acids is 1. The summed E-state index contributed by atoms with van der Waals surface area (Å²) < 4.78 is 6.03. The molecule has 1 fully saturated rings. The zero-order chi connectivity index (χ0) is 13.1. The van der Waals surface area contributed by atoms with Crippen molar-refractivity contribution in [3.63, 3.8) is 0 Å². The molecule has 0 aliphatic carbocycles. The molecular weight excluding hydrogens is 262 g/mol. The molecule has 0 spiro atoms. The SMILES string of the molecule is O=C(O)Cn1ncc(N2CCOCC2)c(Cl)c1=O. The summed E-state index contributed by atoms with van der Waals surface area (Å²) in [6.45, 7) is 1.89. The molecule has 0 bridgehead atoms. The highest BCUT2D eigenvalue weighted by Crippen LogP contribution is 2.21. The van der Waals surface area contributed by atoms with Gasteiger partial charge in [0, 0.05) is 13.1 Å². The molecule has 0 radical (unpaired) electrons. The van der Waals surface area contributed by atoms with Gasteiger partial charge in [0.2, 0.25) is 0 Å². The van der Waals surface area contributed by atoms with Gasteiger partial charge in [0.25, 0.3) is 5.56 Å². The van der Waals surface area contributed by atoms with E-state index >= 15 is 0 Å². The molecule has 0 aromatic carbocycles. The molecule has 98 valence electrons. The Morgan fingerprint density at radius 3 is 2.78 bits per heavy atom. The first-order valence-corrected chi connectivity index (χ1v) is 5.77. The summed E-state index contributed by atoms with van der Waals surface area (Å²) in [5.41, 5.74) is -0.0744. The molecule has 0 atom stereocenters. The van der Waals surface area contributed by atoms with E-state index in [0.717, 1.165) is 4.68 Å². The Kier molecular flexibility index (Phi) is 3.83. The molecule has 1 aromatic heterocycles. The van der Waals surface area contributed by atoms with Gasteiger partial charge in [-0.25, -0.2) is 4.68 Å². The maximum Gasteiger partial charge on any atom is 0.325 e. The van der Waals surface area contributed by atoms with Gasteiger partial charge < -0.3 is 14.7 Å². The molecule has 18 heavy (non-hydrogen) atoms. The Hall–Kier alpha value is -1.60. The lowest BCUT2D eigenvalue weighted by molar-refractivity contribution is -0.138. The van der Waals surface area contributed by atoms with Gasteiger partial charge in [-0.15, -0.1) is 0 Å². The van der Waals surface area contributed by atoms with Crippen LogP contribution in [0.3, 0.4) is 0 Å². The number of carboxylic acid groups (broad SMARTS) is 1. The molecule has 1 aliphatic heterocycles. The molecule has 7 nitrogen and oxygen atoms in total. The van der Waals surface area contributed by atoms with Crippen molar-refractivity contribution in [2.75, 3.05) is 31.2 Å². The smallest absolute Gasteiger partial charge is 0.325 e. The van der Waals surface area contributed by atoms with Crippen LogP contribution in [0.25, 0.3) is 0 Å². The highest BCUT2D eigenvalue weighted by Gasteiger charge is 2.18. The maximum absolute atomic E-state index is 11.8. The maximum atomic E-state index is 11.8. The summed E-state index contributed by atoms with van der Waals surface area (Å²) in [4.78, 5) is 24.3. The molecule has 0 saturated carbocycles. The predicted molar refractivity (Wildman–Crippen MR) is 64.2 cm³/mol. The minimum absolute atomic E-state index is 0.00634. The summed E-state index contributed by atoms with van der Waals surface area (Å²) in [5.74, 6) is -1.14. The zero-order valence-electron chi connectivity index (χ0n) is 9.50. The van der Waals surface area contributed by atoms with Crippen LogP contribution in [0.15, 0.2) is 11.0 Å². The second kappa shape index (κ2) is 5.36. The molecule has 0 unspecified atom stereocenters. The molecule has 2 heterocycles. The molecule has 1 saturated heterocycles. The van der Waals surface area contributed by atoms with Crippen LogP contribution < -0.4 is 10.5 Å². The standard InChI is InChI=1S/C10H12ClN3O4/c11-9-7(13-1-3-18-4-2-13)5-12-14(10(9)17)6-8(15)16/h5H,1-4,6H2,(H,15,16). The van der Waals surface area contributed by atoms with Gasteiger partial charge in [-0.2, -0.15) is 5.10 Å². The summed E-state index contributed by atoms with van der Waals surface area (Å²) in [7, 11) is 0. The molecular formula is C10H12ClN3O4. The minimum atomic E-state index is -1.14. The van der Waals surface area contributed by atoms with Crippen LogP contribution in [0.4, 0.5) is 5.69 Å². The van der Waals surface area contributed by atoms with Crippen molar-refractivity contribution in [3.05, 3.63) is 21.6 Å². The number of hydrogen-bond donors (Lipinski definition) is 1. The third kappa shape index (κ3) is 2.62. The van der Waals surface area contributed by atoms with E-state index in [2.05, 4.69) is 5.10 Å². The van der Waals surface area contributed by atoms with E-state index < -0.39 is 18.1 Å². The Morgan fingerprint density at radius 2 is 2.17 bits per heavy atom. The molecule has 1 aliphatic rings. The summed E-state index contributed by atoms with van der Waals surface area (Å²) in [6, 6.07) is 0. The molecule has 1 N–H and O–H groups in total. The number of rotatable bonds is 3. The second-order valence-corrected chi connectivity index (χ2v) is 4.18. The Labute approximate surface area is 108 Å². The Morgan fingerprint density at radius 1 is 1.50 bits per heavy atom. The number of carbonyl (C=O) groups is 1. The van der Waals surface area contributed by atoms with Crippen molar-refractivity contribution < 1.29 is 14.6 Å². The fourth-order valence-electron chi connectivity index (χ4n) is 1.72. The topological polar surface area (TPSA) is 84.7 Å². The number of halogens is 1. The van der Waals surface area contributed by atoms with Gasteiger partial charge >= 0.3 is 5.97 Å². The van der Waals surface area contributed by atoms with Crippen molar-refractivity contribution >= 4 is 23.3 Å². The van der Waals surface area contributed by atoms with Gasteiger partial charge in [-0.1, -0.05) is 11.6 Å². The van der Waals surface area contributed by atoms with E-state index in [-0.39, 0.29) is 5.02 Å². The normalized spacial score (nSPS) is 15.7. The molecule has 1 aromatic rings. The fraction of sp³-hybridized carbons (Fsp3) is 0.500. The highest BCUT2D eigenvalue weighted by atomic mass is 35.5. The van der Waals surface area contributed by atoms with Crippen LogP contribution in [-0.4, -0.2) is 47.2 Å². The quantitative estimate of drug-likeness (QED) is 0.822. The summed E-state index contributed by atoms with van der Waals surface area (Å²) >= 11 is 5.97. The largest absolute Gasteiger partial charge is 0.480 e. The average Bonchev–Trinajstić information content (AvgIpc) is 2.36. The third-order valence-electron chi connectivity index (χ3n) is 2.60. The summed E-state index contributed by atoms with van der Waals surface area (Å²) in [5, 5.41) is 12.4. The van der Waals surface area contributed by atoms with Crippen LogP contribution in [-0.2, 0) is 16.1 Å². The first-order chi connectivity index (χ1) is 8.59. The number of aromatic nitrogens is 2. The molecule has 2 rings (SSSR count). The third-order valence-corrected chi connectivity index (χ3v) is 2.96. The van der Waals surface area contributed by atoms with E-state index in [1.165, 1.54) is 6.20 Å². The van der Waals surface area contributed by atoms with Crippen molar-refractivity contribution in [1.82, 2.24) is 9.78 Å². The van der Waals surface area contributed by atoms with Crippen LogP contribution in [0, 0.1) is 0 Å². The highest BCUT2D eigenvalue weighted by molar-refractivity contribution is 6.33. The lowest BCUT2D eigenvalue weighted by Gasteiger charge is -2.29. The van der Waals surface area contributed by atoms with Gasteiger partial charge in [-0.3, -0.25) is 9.59 Å². The van der Waals surface area contributed by atoms with Gasteiger partial charge in [-0.05, 0) is 0 Å². The Balaban J connectivity index is 2.30. The molecule has 8 heteroatoms. The minimum Gasteiger partial charge on any atom is -0.480 e. The second-order valence-electron chi connectivity index (χ2n) is 3.80. The first-order valence-electron chi connectivity index (χ1n) is 5.39. The zero-order valence-corrected chi connectivity index (χ0v) is 10.3. The van der Waals surface area contributed by atoms with Gasteiger partial charge in [0.1, 0.15) is 11.6 Å². The van der Waals surface area contributed by atoms with E-state index in [9.17, 15) is 9.59 Å². The van der Waals surface area contributed by atoms with Crippen molar-refractivity contribution in [2.24, 2.45) is 0 Å². The van der Waals surface area contributed by atoms with Crippen LogP contribution in [0.5, 0.6) is 0 Å². The van der Waals surface area contributed by atoms with Crippen LogP contribution in [0.1, 0.15) is 0 Å². The monoisotopic (exact) mass is 273 g/mol. The van der Waals surface area contributed by atoms with Crippen molar-refractivity contribution in [3.8, 4) is 0 Å². The number of nitrogens with zero attached hydrogens (tertiary/aromatic N) is 3. The van der Waals surface area contributed by atoms with E-state index in [0.29, 0.717) is 32.0 Å². The fourth-order valence-corrected chi connectivity index (χ4v) is 1.99. The lowest BCUT2D eigenvalue weighted by atomic mass is 10.3. The number of morpholine rings is 1. The van der Waals surface area contributed by atoms with Crippen LogP contribution >= 0.6 is 11.6 Å². The summed E-state index contributed by atoms with van der Waals surface area (Å²) in [6.07, 6.45) is 1.41. The predicted octanol–water partition coefficient (Wildman–Crippen LogP) is -0.182. The first kappa shape index (κ1) is 12.8.